The smallest absolute Gasteiger partial charge is 0.255 e. The zero-order valence-corrected chi connectivity index (χ0v) is 16.3. The molecule has 3 aromatic heterocycles. The van der Waals surface area contributed by atoms with Crippen LogP contribution in [-0.2, 0) is 5.75 Å². The first-order valence-corrected chi connectivity index (χ1v) is 9.72. The van der Waals surface area contributed by atoms with Crippen molar-refractivity contribution in [3.63, 3.8) is 0 Å². The molecule has 7 nitrogen and oxygen atoms in total. The molecule has 1 amide bonds. The van der Waals surface area contributed by atoms with Crippen molar-refractivity contribution >= 4 is 29.1 Å². The van der Waals surface area contributed by atoms with Crippen molar-refractivity contribution in [2.45, 2.75) is 24.8 Å². The molecule has 28 heavy (non-hydrogen) atoms. The second-order valence-electron chi connectivity index (χ2n) is 6.28. The van der Waals surface area contributed by atoms with Crippen molar-refractivity contribution in [1.29, 1.82) is 0 Å². The maximum Gasteiger partial charge on any atom is 0.255 e. The van der Waals surface area contributed by atoms with Gasteiger partial charge in [-0.15, -0.1) is 5.10 Å². The summed E-state index contributed by atoms with van der Waals surface area (Å²) in [6.45, 7) is 3.91. The standard InChI is InChI=1S/C20H18N6OS/c1-13-11-14(2)26-19(22-13)24-20(25-26)28-12-15-5-3-4-6-17(15)18(27)23-16-7-9-21-10-8-16/h3-11H,12H2,1-2H3,(H,21,23,27). The predicted octanol–water partition coefficient (Wildman–Crippen LogP) is 3.68. The first kappa shape index (κ1) is 18.1. The van der Waals surface area contributed by atoms with Gasteiger partial charge in [0.15, 0.2) is 0 Å². The van der Waals surface area contributed by atoms with Gasteiger partial charge in [-0.1, -0.05) is 30.0 Å². The minimum Gasteiger partial charge on any atom is -0.322 e. The number of aromatic nitrogens is 5. The normalized spacial score (nSPS) is 10.9. The molecule has 0 atom stereocenters. The van der Waals surface area contributed by atoms with Crippen LogP contribution in [0.2, 0.25) is 0 Å². The summed E-state index contributed by atoms with van der Waals surface area (Å²) in [4.78, 5) is 25.5. The largest absolute Gasteiger partial charge is 0.322 e. The predicted molar refractivity (Wildman–Crippen MR) is 108 cm³/mol. The van der Waals surface area contributed by atoms with Crippen LogP contribution in [0.3, 0.4) is 0 Å². The zero-order valence-electron chi connectivity index (χ0n) is 15.5. The van der Waals surface area contributed by atoms with Crippen molar-refractivity contribution in [3.8, 4) is 0 Å². The fourth-order valence-corrected chi connectivity index (χ4v) is 3.67. The average Bonchev–Trinajstić information content (AvgIpc) is 3.10. The number of benzene rings is 1. The molecule has 4 rings (SSSR count). The molecule has 0 fully saturated rings. The molecule has 0 aliphatic rings. The average molecular weight is 390 g/mol. The van der Waals surface area contributed by atoms with E-state index in [1.165, 1.54) is 11.8 Å². The number of nitrogens with one attached hydrogen (secondary N) is 1. The van der Waals surface area contributed by atoms with Gasteiger partial charge >= 0.3 is 0 Å². The number of pyridine rings is 1. The topological polar surface area (TPSA) is 85.1 Å². The molecule has 0 aliphatic heterocycles. The summed E-state index contributed by atoms with van der Waals surface area (Å²) in [6, 6.07) is 13.0. The molecular weight excluding hydrogens is 372 g/mol. The van der Waals surface area contributed by atoms with Crippen LogP contribution in [0, 0.1) is 13.8 Å². The summed E-state index contributed by atoms with van der Waals surface area (Å²) in [6.07, 6.45) is 3.29. The molecule has 0 spiro atoms. The minimum atomic E-state index is -0.154. The van der Waals surface area contributed by atoms with E-state index >= 15 is 0 Å². The third-order valence-electron chi connectivity index (χ3n) is 4.16. The third-order valence-corrected chi connectivity index (χ3v) is 5.04. The number of thioether (sulfide) groups is 1. The third kappa shape index (κ3) is 3.86. The molecule has 3 heterocycles. The number of nitrogens with zero attached hydrogens (tertiary/aromatic N) is 5. The number of anilines is 1. The highest BCUT2D eigenvalue weighted by atomic mass is 32.2. The van der Waals surface area contributed by atoms with E-state index in [1.54, 1.807) is 29.0 Å². The quantitative estimate of drug-likeness (QED) is 0.523. The second kappa shape index (κ2) is 7.77. The lowest BCUT2D eigenvalue weighted by atomic mass is 10.1. The maximum atomic E-state index is 12.7. The Bertz CT molecular complexity index is 1140. The highest BCUT2D eigenvalue weighted by Gasteiger charge is 2.13. The Morgan fingerprint density at radius 3 is 2.71 bits per heavy atom. The molecule has 140 valence electrons. The number of carbonyl (C=O) groups excluding carboxylic acids is 1. The van der Waals surface area contributed by atoms with Gasteiger partial charge in [0.1, 0.15) is 0 Å². The van der Waals surface area contributed by atoms with Crippen LogP contribution in [-0.4, -0.2) is 30.5 Å². The Morgan fingerprint density at radius 2 is 1.89 bits per heavy atom. The number of hydrogen-bond donors (Lipinski definition) is 1. The Labute approximate surface area is 166 Å². The van der Waals surface area contributed by atoms with Crippen molar-refractivity contribution in [3.05, 3.63) is 77.4 Å². The highest BCUT2D eigenvalue weighted by Crippen LogP contribution is 2.23. The Kier molecular flexibility index (Phi) is 5.03. The molecule has 8 heteroatoms. The van der Waals surface area contributed by atoms with Crippen LogP contribution < -0.4 is 5.32 Å². The first-order chi connectivity index (χ1) is 13.6. The molecular formula is C20H18N6OS. The van der Waals surface area contributed by atoms with Gasteiger partial charge in [0.05, 0.1) is 0 Å². The Balaban J connectivity index is 1.53. The summed E-state index contributed by atoms with van der Waals surface area (Å²) in [5, 5.41) is 8.04. The Hall–Kier alpha value is -3.26. The fraction of sp³-hybridized carbons (Fsp3) is 0.150. The Morgan fingerprint density at radius 1 is 1.11 bits per heavy atom. The number of rotatable bonds is 5. The van der Waals surface area contributed by atoms with Gasteiger partial charge in [-0.25, -0.2) is 9.50 Å². The lowest BCUT2D eigenvalue weighted by molar-refractivity contribution is 0.102. The molecule has 0 radical (unpaired) electrons. The summed E-state index contributed by atoms with van der Waals surface area (Å²) in [5.74, 6) is 1.01. The zero-order chi connectivity index (χ0) is 19.5. The fourth-order valence-electron chi connectivity index (χ4n) is 2.85. The summed E-state index contributed by atoms with van der Waals surface area (Å²) in [5.41, 5.74) is 4.15. The van der Waals surface area contributed by atoms with Crippen LogP contribution in [0.15, 0.2) is 60.0 Å². The van der Waals surface area contributed by atoms with Gasteiger partial charge in [-0.05, 0) is 43.7 Å². The van der Waals surface area contributed by atoms with Crippen LogP contribution >= 0.6 is 11.8 Å². The monoisotopic (exact) mass is 390 g/mol. The second-order valence-corrected chi connectivity index (χ2v) is 7.22. The number of amides is 1. The summed E-state index contributed by atoms with van der Waals surface area (Å²) in [7, 11) is 0. The van der Waals surface area contributed by atoms with Crippen LogP contribution in [0.5, 0.6) is 0 Å². The van der Waals surface area contributed by atoms with E-state index in [0.717, 1.165) is 17.0 Å². The van der Waals surface area contributed by atoms with Crippen LogP contribution in [0.25, 0.3) is 5.78 Å². The van der Waals surface area contributed by atoms with Gasteiger partial charge in [-0.2, -0.15) is 4.98 Å². The van der Waals surface area contributed by atoms with Crippen molar-refractivity contribution in [2.24, 2.45) is 0 Å². The van der Waals surface area contributed by atoms with Gasteiger partial charge in [0.25, 0.3) is 11.7 Å². The van der Waals surface area contributed by atoms with E-state index in [1.807, 2.05) is 44.2 Å². The summed E-state index contributed by atoms with van der Waals surface area (Å²) >= 11 is 1.48. The highest BCUT2D eigenvalue weighted by molar-refractivity contribution is 7.98. The molecule has 0 unspecified atom stereocenters. The lowest BCUT2D eigenvalue weighted by Gasteiger charge is -2.09. The molecule has 0 aliphatic carbocycles. The van der Waals surface area contributed by atoms with E-state index in [-0.39, 0.29) is 5.91 Å². The van der Waals surface area contributed by atoms with Gasteiger partial charge < -0.3 is 5.32 Å². The molecule has 1 N–H and O–H groups in total. The summed E-state index contributed by atoms with van der Waals surface area (Å²) < 4.78 is 1.73. The molecule has 1 aromatic carbocycles. The van der Waals surface area contributed by atoms with E-state index < -0.39 is 0 Å². The molecule has 0 bridgehead atoms. The SMILES string of the molecule is Cc1cc(C)n2nc(SCc3ccccc3C(=O)Nc3ccncc3)nc2n1. The molecule has 0 saturated carbocycles. The number of carbonyl (C=O) groups is 1. The lowest BCUT2D eigenvalue weighted by Crippen LogP contribution is -2.14. The number of hydrogen-bond acceptors (Lipinski definition) is 6. The van der Waals surface area contributed by atoms with Gasteiger partial charge in [0, 0.05) is 40.8 Å². The maximum absolute atomic E-state index is 12.7. The van der Waals surface area contributed by atoms with Gasteiger partial charge in [-0.3, -0.25) is 9.78 Å². The van der Waals surface area contributed by atoms with E-state index in [9.17, 15) is 4.79 Å². The van der Waals surface area contributed by atoms with Crippen molar-refractivity contribution < 1.29 is 4.79 Å². The van der Waals surface area contributed by atoms with Gasteiger partial charge in [0.2, 0.25) is 5.16 Å². The number of aryl methyl sites for hydroxylation is 2. The molecule has 0 saturated heterocycles. The minimum absolute atomic E-state index is 0.154. The van der Waals surface area contributed by atoms with Crippen LogP contribution in [0.4, 0.5) is 5.69 Å². The van der Waals surface area contributed by atoms with Crippen molar-refractivity contribution in [1.82, 2.24) is 24.6 Å². The van der Waals surface area contributed by atoms with E-state index in [2.05, 4.69) is 25.4 Å². The van der Waals surface area contributed by atoms with Crippen LogP contribution in [0.1, 0.15) is 27.3 Å². The van der Waals surface area contributed by atoms with Crippen molar-refractivity contribution in [2.75, 3.05) is 5.32 Å². The molecule has 4 aromatic rings. The number of fused-ring (bicyclic) bond motifs is 1. The first-order valence-electron chi connectivity index (χ1n) is 8.73. The van der Waals surface area contributed by atoms with E-state index in [0.29, 0.717) is 27.9 Å². The van der Waals surface area contributed by atoms with E-state index in [4.69, 9.17) is 0 Å².